The predicted octanol–water partition coefficient (Wildman–Crippen LogP) is 2.62. The summed E-state index contributed by atoms with van der Waals surface area (Å²) in [7, 11) is 0.288. The molecule has 0 saturated carbocycles. The number of nitrogens with one attached hydrogen (secondary N) is 1. The summed E-state index contributed by atoms with van der Waals surface area (Å²) in [4.78, 5) is 31.0. The van der Waals surface area contributed by atoms with Crippen LogP contribution >= 0.6 is 0 Å². The van der Waals surface area contributed by atoms with Crippen LogP contribution < -0.4 is 5.32 Å². The number of carbonyl (C=O) groups excluding carboxylic acids is 1. The van der Waals surface area contributed by atoms with Gasteiger partial charge in [-0.1, -0.05) is 0 Å². The SMILES string of the molecule is CO[C@@](F)(C(=O)Nc1cc([N+](=O)[O-])cc([N+](=O)[O-])c1C)C(F)(F)F. The fourth-order valence-electron chi connectivity index (χ4n) is 1.65. The molecule has 13 heteroatoms. The monoisotopic (exact) mass is 355 g/mol. The van der Waals surface area contributed by atoms with Gasteiger partial charge in [0.2, 0.25) is 0 Å². The number of hydrogen-bond donors (Lipinski definition) is 1. The van der Waals surface area contributed by atoms with Gasteiger partial charge in [0.05, 0.1) is 27.2 Å². The van der Waals surface area contributed by atoms with Crippen molar-refractivity contribution < 1.29 is 36.9 Å². The van der Waals surface area contributed by atoms with Gasteiger partial charge in [0.15, 0.2) is 0 Å². The summed E-state index contributed by atoms with van der Waals surface area (Å²) in [6.07, 6.45) is -5.74. The molecule has 0 aromatic heterocycles. The van der Waals surface area contributed by atoms with Gasteiger partial charge in [-0.2, -0.15) is 17.6 Å². The van der Waals surface area contributed by atoms with E-state index in [9.17, 15) is 42.6 Å². The molecular weight excluding hydrogens is 346 g/mol. The smallest absolute Gasteiger partial charge is 0.335 e. The van der Waals surface area contributed by atoms with Gasteiger partial charge in [-0.25, -0.2) is 0 Å². The number of methoxy groups -OCH3 is 1. The van der Waals surface area contributed by atoms with Gasteiger partial charge in [0.1, 0.15) is 0 Å². The second-order valence-electron chi connectivity index (χ2n) is 4.40. The van der Waals surface area contributed by atoms with E-state index < -0.39 is 50.4 Å². The number of rotatable bonds is 5. The summed E-state index contributed by atoms with van der Waals surface area (Å²) >= 11 is 0. The van der Waals surface area contributed by atoms with E-state index in [4.69, 9.17) is 0 Å². The molecule has 0 unspecified atom stereocenters. The Hall–Kier alpha value is -2.83. The molecule has 0 spiro atoms. The molecule has 9 nitrogen and oxygen atoms in total. The number of benzene rings is 1. The van der Waals surface area contributed by atoms with Gasteiger partial charge in [-0.05, 0) is 6.92 Å². The van der Waals surface area contributed by atoms with Crippen molar-refractivity contribution in [2.45, 2.75) is 19.0 Å². The van der Waals surface area contributed by atoms with Crippen LogP contribution in [0.3, 0.4) is 0 Å². The minimum atomic E-state index is -5.74. The van der Waals surface area contributed by atoms with E-state index in [1.807, 2.05) is 0 Å². The standard InChI is InChI=1S/C11H9F4N3O6/c1-5-7(3-6(17(20)21)4-8(5)18(22)23)16-9(19)10(12,24-2)11(13,14)15/h3-4H,1-2H3,(H,16,19)/t10-/m0/s1. The van der Waals surface area contributed by atoms with E-state index in [-0.39, 0.29) is 7.11 Å². The number of ether oxygens (including phenoxy) is 1. The molecule has 1 amide bonds. The molecule has 0 saturated heterocycles. The van der Waals surface area contributed by atoms with Gasteiger partial charge < -0.3 is 10.1 Å². The van der Waals surface area contributed by atoms with Crippen molar-refractivity contribution in [1.29, 1.82) is 0 Å². The highest BCUT2D eigenvalue weighted by atomic mass is 19.4. The van der Waals surface area contributed by atoms with E-state index >= 15 is 0 Å². The van der Waals surface area contributed by atoms with E-state index in [0.29, 0.717) is 12.1 Å². The lowest BCUT2D eigenvalue weighted by Gasteiger charge is -2.25. The predicted molar refractivity (Wildman–Crippen MR) is 70.0 cm³/mol. The maximum Gasteiger partial charge on any atom is 0.458 e. The first kappa shape index (κ1) is 19.2. The molecule has 1 aromatic rings. The molecule has 1 rings (SSSR count). The summed E-state index contributed by atoms with van der Waals surface area (Å²) in [5.74, 6) is -7.07. The Morgan fingerprint density at radius 2 is 1.71 bits per heavy atom. The van der Waals surface area contributed by atoms with Crippen LogP contribution in [-0.2, 0) is 9.53 Å². The normalized spacial score (nSPS) is 13.9. The molecule has 0 radical (unpaired) electrons. The Bertz CT molecular complexity index is 708. The third-order valence-corrected chi connectivity index (χ3v) is 2.96. The minimum Gasteiger partial charge on any atom is -0.335 e. The van der Waals surface area contributed by atoms with Crippen molar-refractivity contribution in [3.8, 4) is 0 Å². The zero-order valence-corrected chi connectivity index (χ0v) is 12.0. The van der Waals surface area contributed by atoms with Crippen molar-refractivity contribution in [2.75, 3.05) is 12.4 Å². The fourth-order valence-corrected chi connectivity index (χ4v) is 1.65. The van der Waals surface area contributed by atoms with Crippen LogP contribution in [-0.4, -0.2) is 34.9 Å². The zero-order valence-electron chi connectivity index (χ0n) is 12.0. The van der Waals surface area contributed by atoms with Crippen molar-refractivity contribution in [1.82, 2.24) is 0 Å². The summed E-state index contributed by atoms with van der Waals surface area (Å²) in [5, 5.41) is 23.0. The number of anilines is 1. The number of nitro groups is 2. The maximum atomic E-state index is 13.7. The fraction of sp³-hybridized carbons (Fsp3) is 0.364. The number of alkyl halides is 4. The van der Waals surface area contributed by atoms with Crippen LogP contribution in [0.25, 0.3) is 0 Å². The zero-order chi connectivity index (χ0) is 18.9. The molecule has 0 fully saturated rings. The molecule has 0 aliphatic carbocycles. The van der Waals surface area contributed by atoms with Crippen LogP contribution in [0.15, 0.2) is 12.1 Å². The average Bonchev–Trinajstić information content (AvgIpc) is 2.46. The Balaban J connectivity index is 3.40. The Kier molecular flexibility index (Phi) is 5.08. The molecule has 0 aliphatic rings. The van der Waals surface area contributed by atoms with E-state index in [2.05, 4.69) is 4.74 Å². The highest BCUT2D eigenvalue weighted by Crippen LogP contribution is 2.37. The number of hydrogen-bond acceptors (Lipinski definition) is 6. The molecular formula is C11H9F4N3O6. The average molecular weight is 355 g/mol. The molecule has 0 heterocycles. The lowest BCUT2D eigenvalue weighted by molar-refractivity contribution is -0.394. The summed E-state index contributed by atoms with van der Waals surface area (Å²) < 4.78 is 55.1. The van der Waals surface area contributed by atoms with Crippen LogP contribution in [0.1, 0.15) is 5.56 Å². The number of non-ortho nitro benzene ring substituents is 1. The number of nitrogens with zero attached hydrogens (tertiary/aromatic N) is 2. The lowest BCUT2D eigenvalue weighted by atomic mass is 10.1. The number of carbonyl (C=O) groups is 1. The van der Waals surface area contributed by atoms with Crippen LogP contribution in [0.4, 0.5) is 34.6 Å². The highest BCUT2D eigenvalue weighted by molar-refractivity contribution is 5.98. The van der Waals surface area contributed by atoms with Gasteiger partial charge in [0.25, 0.3) is 17.3 Å². The quantitative estimate of drug-likeness (QED) is 0.492. The Morgan fingerprint density at radius 1 is 1.17 bits per heavy atom. The lowest BCUT2D eigenvalue weighted by Crippen LogP contribution is -2.52. The van der Waals surface area contributed by atoms with Crippen molar-refractivity contribution in [3.05, 3.63) is 37.9 Å². The number of nitro benzene ring substituents is 2. The maximum absolute atomic E-state index is 13.7. The number of amides is 1. The van der Waals surface area contributed by atoms with Crippen molar-refractivity contribution in [3.63, 3.8) is 0 Å². The number of halogens is 4. The van der Waals surface area contributed by atoms with E-state index in [1.165, 1.54) is 5.32 Å². The van der Waals surface area contributed by atoms with Crippen LogP contribution in [0.5, 0.6) is 0 Å². The van der Waals surface area contributed by atoms with Gasteiger partial charge >= 0.3 is 12.0 Å². The molecule has 132 valence electrons. The molecule has 1 atom stereocenters. The minimum absolute atomic E-state index is 0.288. The second-order valence-corrected chi connectivity index (χ2v) is 4.40. The highest BCUT2D eigenvalue weighted by Gasteiger charge is 2.63. The van der Waals surface area contributed by atoms with Crippen molar-refractivity contribution in [2.24, 2.45) is 0 Å². The molecule has 0 aliphatic heterocycles. The Morgan fingerprint density at radius 3 is 2.08 bits per heavy atom. The second kappa shape index (κ2) is 6.35. The van der Waals surface area contributed by atoms with E-state index in [0.717, 1.165) is 6.92 Å². The summed E-state index contributed by atoms with van der Waals surface area (Å²) in [6.45, 7) is 1.01. The largest absolute Gasteiger partial charge is 0.458 e. The van der Waals surface area contributed by atoms with Crippen molar-refractivity contribution >= 4 is 23.0 Å². The molecule has 1 N–H and O–H groups in total. The van der Waals surface area contributed by atoms with Crippen LogP contribution in [0.2, 0.25) is 0 Å². The first-order valence-corrected chi connectivity index (χ1v) is 5.90. The van der Waals surface area contributed by atoms with E-state index in [1.54, 1.807) is 0 Å². The molecule has 1 aromatic carbocycles. The first-order chi connectivity index (χ1) is 10.8. The Labute approximate surface area is 130 Å². The third kappa shape index (κ3) is 3.40. The van der Waals surface area contributed by atoms with Crippen LogP contribution in [0, 0.1) is 27.2 Å². The molecule has 24 heavy (non-hydrogen) atoms. The van der Waals surface area contributed by atoms with Gasteiger partial charge in [-0.3, -0.25) is 25.0 Å². The van der Waals surface area contributed by atoms with Gasteiger partial charge in [0, 0.05) is 13.2 Å². The van der Waals surface area contributed by atoms with Gasteiger partial charge in [-0.15, -0.1) is 0 Å². The molecule has 0 bridgehead atoms. The summed E-state index contributed by atoms with van der Waals surface area (Å²) in [6, 6.07) is 1.11. The third-order valence-electron chi connectivity index (χ3n) is 2.96. The summed E-state index contributed by atoms with van der Waals surface area (Å²) in [5.41, 5.74) is -2.85. The topological polar surface area (TPSA) is 125 Å². The first-order valence-electron chi connectivity index (χ1n) is 5.90.